The summed E-state index contributed by atoms with van der Waals surface area (Å²) in [5.41, 5.74) is 2.12. The number of halogens is 1. The Hall–Kier alpha value is -2.94. The van der Waals surface area contributed by atoms with Crippen molar-refractivity contribution in [1.29, 1.82) is 0 Å². The first kappa shape index (κ1) is 20.3. The van der Waals surface area contributed by atoms with Crippen LogP contribution in [0, 0.1) is 0 Å². The zero-order chi connectivity index (χ0) is 21.3. The lowest BCUT2D eigenvalue weighted by molar-refractivity contribution is -0.156. The lowest BCUT2D eigenvalue weighted by atomic mass is 9.93. The average Bonchev–Trinajstić information content (AvgIpc) is 3.24. The normalized spacial score (nSPS) is 23.0. The standard InChI is InChI=1S/C21H19ClN2O6/c22-14-7-3-4-8-15(14)23-19(25)17-18(30-11-29-17)20(26)24-10-13-6-2-1-5-12(13)9-16(24)21(27)28/h1-8,16-18H,9-11H2,(H,23,25)(H,27,28). The molecule has 30 heavy (non-hydrogen) atoms. The molecule has 3 unspecified atom stereocenters. The number of para-hydroxylation sites is 1. The summed E-state index contributed by atoms with van der Waals surface area (Å²) in [5, 5.41) is 12.6. The maximum atomic E-state index is 13.2. The minimum absolute atomic E-state index is 0.116. The molecular weight excluding hydrogens is 412 g/mol. The van der Waals surface area contributed by atoms with Crippen molar-refractivity contribution in [3.63, 3.8) is 0 Å². The Morgan fingerprint density at radius 1 is 1.00 bits per heavy atom. The van der Waals surface area contributed by atoms with E-state index in [2.05, 4.69) is 5.32 Å². The van der Waals surface area contributed by atoms with E-state index in [1.54, 1.807) is 24.3 Å². The van der Waals surface area contributed by atoms with Crippen LogP contribution in [0.15, 0.2) is 48.5 Å². The summed E-state index contributed by atoms with van der Waals surface area (Å²) >= 11 is 6.07. The molecule has 0 aliphatic carbocycles. The summed E-state index contributed by atoms with van der Waals surface area (Å²) in [6, 6.07) is 13.0. The first-order valence-electron chi connectivity index (χ1n) is 9.34. The molecule has 0 saturated carbocycles. The third-order valence-electron chi connectivity index (χ3n) is 5.22. The van der Waals surface area contributed by atoms with Crippen molar-refractivity contribution < 1.29 is 29.0 Å². The number of nitrogens with one attached hydrogen (secondary N) is 1. The van der Waals surface area contributed by atoms with Gasteiger partial charge in [-0.15, -0.1) is 0 Å². The van der Waals surface area contributed by atoms with E-state index in [4.69, 9.17) is 21.1 Å². The highest BCUT2D eigenvalue weighted by molar-refractivity contribution is 6.33. The lowest BCUT2D eigenvalue weighted by Gasteiger charge is -2.36. The molecule has 0 spiro atoms. The Bertz CT molecular complexity index is 997. The number of fused-ring (bicyclic) bond motifs is 1. The van der Waals surface area contributed by atoms with Crippen LogP contribution in [0.2, 0.25) is 5.02 Å². The number of aliphatic carboxylic acids is 1. The second-order valence-electron chi connectivity index (χ2n) is 7.05. The molecule has 0 aromatic heterocycles. The van der Waals surface area contributed by atoms with Gasteiger partial charge in [0, 0.05) is 13.0 Å². The fraction of sp³-hybridized carbons (Fsp3) is 0.286. The van der Waals surface area contributed by atoms with Gasteiger partial charge in [-0.1, -0.05) is 48.0 Å². The summed E-state index contributed by atoms with van der Waals surface area (Å²) in [5.74, 6) is -2.31. The third-order valence-corrected chi connectivity index (χ3v) is 5.55. The van der Waals surface area contributed by atoms with Crippen LogP contribution in [0.1, 0.15) is 11.1 Å². The van der Waals surface area contributed by atoms with Crippen LogP contribution in [-0.4, -0.2) is 52.8 Å². The number of rotatable bonds is 4. The Morgan fingerprint density at radius 2 is 1.67 bits per heavy atom. The maximum Gasteiger partial charge on any atom is 0.326 e. The molecule has 8 nitrogen and oxygen atoms in total. The zero-order valence-corrected chi connectivity index (χ0v) is 16.5. The Balaban J connectivity index is 1.54. The number of carbonyl (C=O) groups excluding carboxylic acids is 2. The van der Waals surface area contributed by atoms with Gasteiger partial charge in [0.25, 0.3) is 11.8 Å². The van der Waals surface area contributed by atoms with Gasteiger partial charge in [0.05, 0.1) is 10.7 Å². The number of hydrogen-bond donors (Lipinski definition) is 2. The number of carboxylic acid groups (broad SMARTS) is 1. The van der Waals surface area contributed by atoms with Crippen LogP contribution in [0.5, 0.6) is 0 Å². The van der Waals surface area contributed by atoms with Crippen molar-refractivity contribution >= 4 is 35.1 Å². The summed E-state index contributed by atoms with van der Waals surface area (Å²) in [7, 11) is 0. The van der Waals surface area contributed by atoms with Crippen molar-refractivity contribution in [2.24, 2.45) is 0 Å². The van der Waals surface area contributed by atoms with E-state index >= 15 is 0 Å². The molecule has 2 amide bonds. The largest absolute Gasteiger partial charge is 0.480 e. The number of nitrogens with zero attached hydrogens (tertiary/aromatic N) is 1. The fourth-order valence-corrected chi connectivity index (χ4v) is 3.86. The van der Waals surface area contributed by atoms with Crippen molar-refractivity contribution in [2.45, 2.75) is 31.2 Å². The summed E-state index contributed by atoms with van der Waals surface area (Å²) in [4.78, 5) is 39.0. The van der Waals surface area contributed by atoms with Gasteiger partial charge in [-0.3, -0.25) is 9.59 Å². The van der Waals surface area contributed by atoms with Gasteiger partial charge in [-0.05, 0) is 23.3 Å². The molecule has 156 valence electrons. The van der Waals surface area contributed by atoms with Crippen molar-refractivity contribution in [2.75, 3.05) is 12.1 Å². The van der Waals surface area contributed by atoms with Crippen molar-refractivity contribution in [3.05, 3.63) is 64.7 Å². The highest BCUT2D eigenvalue weighted by Crippen LogP contribution is 2.28. The smallest absolute Gasteiger partial charge is 0.326 e. The predicted molar refractivity (Wildman–Crippen MR) is 107 cm³/mol. The first-order chi connectivity index (χ1) is 14.5. The summed E-state index contributed by atoms with van der Waals surface area (Å²) < 4.78 is 10.7. The molecule has 0 radical (unpaired) electrons. The molecule has 2 N–H and O–H groups in total. The van der Waals surface area contributed by atoms with E-state index in [1.807, 2.05) is 24.3 Å². The van der Waals surface area contributed by atoms with Crippen LogP contribution in [0.4, 0.5) is 5.69 Å². The molecule has 1 fully saturated rings. The molecule has 2 aromatic rings. The lowest BCUT2D eigenvalue weighted by Crippen LogP contribution is -2.55. The first-order valence-corrected chi connectivity index (χ1v) is 9.72. The number of ether oxygens (including phenoxy) is 2. The van der Waals surface area contributed by atoms with Crippen molar-refractivity contribution in [3.8, 4) is 0 Å². The number of carboxylic acids is 1. The molecule has 3 atom stereocenters. The van der Waals surface area contributed by atoms with E-state index in [-0.39, 0.29) is 19.8 Å². The number of hydrogen-bond acceptors (Lipinski definition) is 5. The Morgan fingerprint density at radius 3 is 2.40 bits per heavy atom. The highest BCUT2D eigenvalue weighted by Gasteiger charge is 2.46. The van der Waals surface area contributed by atoms with E-state index < -0.39 is 36.0 Å². The van der Waals surface area contributed by atoms with Gasteiger partial charge in [-0.2, -0.15) is 0 Å². The molecule has 2 aliphatic heterocycles. The van der Waals surface area contributed by atoms with E-state index in [1.165, 1.54) is 4.90 Å². The zero-order valence-electron chi connectivity index (χ0n) is 15.8. The predicted octanol–water partition coefficient (Wildman–Crippen LogP) is 2.06. The van der Waals surface area contributed by atoms with Crippen molar-refractivity contribution in [1.82, 2.24) is 4.90 Å². The second kappa shape index (κ2) is 8.43. The Kier molecular flexibility index (Phi) is 5.72. The summed E-state index contributed by atoms with van der Waals surface area (Å²) in [6.07, 6.45) is -2.29. The Labute approximate surface area is 177 Å². The molecular formula is C21H19ClN2O6. The molecule has 9 heteroatoms. The van der Waals surface area contributed by atoms with Crippen LogP contribution >= 0.6 is 11.6 Å². The summed E-state index contributed by atoms with van der Waals surface area (Å²) in [6.45, 7) is -0.135. The van der Waals surface area contributed by atoms with Gasteiger partial charge < -0.3 is 24.8 Å². The monoisotopic (exact) mass is 430 g/mol. The minimum atomic E-state index is -1.25. The molecule has 0 bridgehead atoms. The SMILES string of the molecule is O=C(Nc1ccccc1Cl)C1OCOC1C(=O)N1Cc2ccccc2CC1C(=O)O. The van der Waals surface area contributed by atoms with Crippen LogP contribution < -0.4 is 5.32 Å². The number of amides is 2. The third kappa shape index (κ3) is 3.89. The van der Waals surface area contributed by atoms with E-state index in [0.29, 0.717) is 10.7 Å². The molecule has 2 aromatic carbocycles. The number of carbonyl (C=O) groups is 3. The quantitative estimate of drug-likeness (QED) is 0.769. The number of anilines is 1. The molecule has 2 heterocycles. The van der Waals surface area contributed by atoms with Gasteiger partial charge >= 0.3 is 5.97 Å². The topological polar surface area (TPSA) is 105 Å². The van der Waals surface area contributed by atoms with Gasteiger partial charge in [0.2, 0.25) is 0 Å². The second-order valence-corrected chi connectivity index (χ2v) is 7.46. The number of benzene rings is 2. The maximum absolute atomic E-state index is 13.2. The fourth-order valence-electron chi connectivity index (χ4n) is 3.68. The average molecular weight is 431 g/mol. The molecule has 2 aliphatic rings. The van der Waals surface area contributed by atoms with Crippen LogP contribution in [0.25, 0.3) is 0 Å². The van der Waals surface area contributed by atoms with Crippen LogP contribution in [-0.2, 0) is 36.8 Å². The van der Waals surface area contributed by atoms with Gasteiger partial charge in [0.15, 0.2) is 12.2 Å². The van der Waals surface area contributed by atoms with Gasteiger partial charge in [-0.25, -0.2) is 4.79 Å². The van der Waals surface area contributed by atoms with Crippen LogP contribution in [0.3, 0.4) is 0 Å². The van der Waals surface area contributed by atoms with Gasteiger partial charge in [0.1, 0.15) is 12.8 Å². The highest BCUT2D eigenvalue weighted by atomic mass is 35.5. The van der Waals surface area contributed by atoms with E-state index in [9.17, 15) is 19.5 Å². The molecule has 4 rings (SSSR count). The molecule has 1 saturated heterocycles. The minimum Gasteiger partial charge on any atom is -0.480 e. The van der Waals surface area contributed by atoms with E-state index in [0.717, 1.165) is 11.1 Å².